The molecule has 1 atom stereocenters. The average Bonchev–Trinajstić information content (AvgIpc) is 2.48. The lowest BCUT2D eigenvalue weighted by molar-refractivity contribution is -0.138. The van der Waals surface area contributed by atoms with E-state index in [0.717, 1.165) is 9.40 Å². The van der Waals surface area contributed by atoms with Crippen molar-refractivity contribution in [3.63, 3.8) is 0 Å². The summed E-state index contributed by atoms with van der Waals surface area (Å²) in [5.41, 5.74) is 0.665. The predicted octanol–water partition coefficient (Wildman–Crippen LogP) is 3.99. The molecule has 0 bridgehead atoms. The van der Waals surface area contributed by atoms with Crippen LogP contribution in [0.2, 0.25) is 0 Å². The monoisotopic (exact) mass is 298 g/mol. The van der Waals surface area contributed by atoms with Crippen LogP contribution in [-0.4, -0.2) is 11.1 Å². The second-order valence-corrected chi connectivity index (χ2v) is 6.07. The lowest BCUT2D eigenvalue weighted by Crippen LogP contribution is -2.11. The summed E-state index contributed by atoms with van der Waals surface area (Å²) in [4.78, 5) is 23.9. The minimum absolute atomic E-state index is 0.0264. The molecule has 1 unspecified atom stereocenters. The SMILES string of the molecule is CCC(C(=O)O)c1ccc2sc3ccccc3c(=O)c2c1. The molecule has 1 aromatic heterocycles. The Hall–Kier alpha value is -2.20. The fourth-order valence-corrected chi connectivity index (χ4v) is 3.64. The van der Waals surface area contributed by atoms with Crippen molar-refractivity contribution in [1.29, 1.82) is 0 Å². The maximum atomic E-state index is 12.6. The number of rotatable bonds is 3. The third kappa shape index (κ3) is 2.32. The summed E-state index contributed by atoms with van der Waals surface area (Å²) in [5.74, 6) is -1.42. The Morgan fingerprint density at radius 1 is 1.14 bits per heavy atom. The van der Waals surface area contributed by atoms with Crippen molar-refractivity contribution in [3.8, 4) is 0 Å². The molecule has 0 aliphatic rings. The molecule has 2 aromatic carbocycles. The third-order valence-electron chi connectivity index (χ3n) is 3.71. The lowest BCUT2D eigenvalue weighted by atomic mass is 9.95. The molecule has 0 spiro atoms. The molecule has 3 rings (SSSR count). The van der Waals surface area contributed by atoms with Gasteiger partial charge in [-0.15, -0.1) is 11.3 Å². The van der Waals surface area contributed by atoms with Gasteiger partial charge in [-0.3, -0.25) is 9.59 Å². The zero-order chi connectivity index (χ0) is 15.0. The Bertz CT molecular complexity index is 895. The zero-order valence-electron chi connectivity index (χ0n) is 11.5. The minimum atomic E-state index is -0.853. The molecule has 3 aromatic rings. The first-order valence-corrected chi connectivity index (χ1v) is 7.61. The van der Waals surface area contributed by atoms with E-state index in [9.17, 15) is 14.7 Å². The van der Waals surface area contributed by atoms with Crippen LogP contribution >= 0.6 is 11.3 Å². The molecule has 0 radical (unpaired) electrons. The highest BCUT2D eigenvalue weighted by Gasteiger charge is 2.18. The summed E-state index contributed by atoms with van der Waals surface area (Å²) in [6.45, 7) is 1.84. The number of carboxylic acids is 1. The number of aliphatic carboxylic acids is 1. The first-order valence-electron chi connectivity index (χ1n) is 6.80. The standard InChI is InChI=1S/C17H14O3S/c1-2-11(17(19)20)10-7-8-15-13(9-10)16(18)12-5-3-4-6-14(12)21-15/h3-9,11H,2H2,1H3,(H,19,20). The molecule has 0 aliphatic carbocycles. The number of carboxylic acid groups (broad SMARTS) is 1. The van der Waals surface area contributed by atoms with Gasteiger partial charge in [-0.2, -0.15) is 0 Å². The van der Waals surface area contributed by atoms with E-state index in [4.69, 9.17) is 0 Å². The fourth-order valence-electron chi connectivity index (χ4n) is 2.59. The maximum Gasteiger partial charge on any atom is 0.310 e. The van der Waals surface area contributed by atoms with Gasteiger partial charge in [0.1, 0.15) is 0 Å². The van der Waals surface area contributed by atoms with Crippen molar-refractivity contribution in [2.45, 2.75) is 19.3 Å². The molecule has 0 saturated heterocycles. The van der Waals surface area contributed by atoms with E-state index in [1.807, 2.05) is 43.3 Å². The molecule has 4 heteroatoms. The van der Waals surface area contributed by atoms with E-state index in [2.05, 4.69) is 0 Å². The summed E-state index contributed by atoms with van der Waals surface area (Å²) in [7, 11) is 0. The molecule has 0 amide bonds. The van der Waals surface area contributed by atoms with Crippen molar-refractivity contribution >= 4 is 37.5 Å². The van der Waals surface area contributed by atoms with Crippen LogP contribution in [0.3, 0.4) is 0 Å². The number of hydrogen-bond acceptors (Lipinski definition) is 3. The van der Waals surface area contributed by atoms with Gasteiger partial charge in [-0.05, 0) is 36.2 Å². The number of benzene rings is 2. The molecule has 1 N–H and O–H groups in total. The molecule has 3 nitrogen and oxygen atoms in total. The molecule has 0 aliphatic heterocycles. The van der Waals surface area contributed by atoms with Crippen molar-refractivity contribution in [1.82, 2.24) is 0 Å². The highest BCUT2D eigenvalue weighted by molar-refractivity contribution is 7.24. The van der Waals surface area contributed by atoms with E-state index >= 15 is 0 Å². The summed E-state index contributed by atoms with van der Waals surface area (Å²) < 4.78 is 1.84. The molecule has 0 saturated carbocycles. The van der Waals surface area contributed by atoms with E-state index in [-0.39, 0.29) is 5.43 Å². The fraction of sp³-hybridized carbons (Fsp3) is 0.176. The van der Waals surface area contributed by atoms with E-state index in [1.54, 1.807) is 17.4 Å². The molecular weight excluding hydrogens is 284 g/mol. The van der Waals surface area contributed by atoms with Gasteiger partial charge in [0.05, 0.1) is 5.92 Å². The van der Waals surface area contributed by atoms with Crippen LogP contribution in [-0.2, 0) is 4.79 Å². The van der Waals surface area contributed by atoms with Crippen LogP contribution in [0.1, 0.15) is 24.8 Å². The Labute approximate surface area is 125 Å². The topological polar surface area (TPSA) is 54.4 Å². The number of hydrogen-bond donors (Lipinski definition) is 1. The van der Waals surface area contributed by atoms with Crippen LogP contribution in [0.5, 0.6) is 0 Å². The van der Waals surface area contributed by atoms with Gasteiger partial charge in [0, 0.05) is 20.2 Å². The van der Waals surface area contributed by atoms with Crippen molar-refractivity contribution < 1.29 is 9.90 Å². The highest BCUT2D eigenvalue weighted by Crippen LogP contribution is 2.28. The van der Waals surface area contributed by atoms with Crippen LogP contribution in [0.15, 0.2) is 47.3 Å². The Morgan fingerprint density at radius 2 is 1.86 bits per heavy atom. The zero-order valence-corrected chi connectivity index (χ0v) is 12.3. The first-order chi connectivity index (χ1) is 10.1. The minimum Gasteiger partial charge on any atom is -0.481 e. The Morgan fingerprint density at radius 3 is 2.57 bits per heavy atom. The van der Waals surface area contributed by atoms with Crippen molar-refractivity contribution in [3.05, 3.63) is 58.3 Å². The van der Waals surface area contributed by atoms with Crippen molar-refractivity contribution in [2.24, 2.45) is 0 Å². The van der Waals surface area contributed by atoms with Crippen LogP contribution in [0.4, 0.5) is 0 Å². The smallest absolute Gasteiger partial charge is 0.310 e. The normalized spacial score (nSPS) is 12.6. The quantitative estimate of drug-likeness (QED) is 0.744. The summed E-state index contributed by atoms with van der Waals surface area (Å²) in [5, 5.41) is 10.6. The van der Waals surface area contributed by atoms with E-state index < -0.39 is 11.9 Å². The summed E-state index contributed by atoms with van der Waals surface area (Å²) in [6.07, 6.45) is 0.506. The second kappa shape index (κ2) is 5.30. The lowest BCUT2D eigenvalue weighted by Gasteiger charge is -2.11. The molecular formula is C17H14O3S. The number of carbonyl (C=O) groups is 1. The number of fused-ring (bicyclic) bond motifs is 2. The molecule has 1 heterocycles. The Balaban J connectivity index is 2.31. The van der Waals surface area contributed by atoms with Crippen LogP contribution < -0.4 is 5.43 Å². The van der Waals surface area contributed by atoms with Crippen LogP contribution in [0, 0.1) is 0 Å². The summed E-state index contributed by atoms with van der Waals surface area (Å²) in [6, 6.07) is 12.9. The molecule has 106 valence electrons. The van der Waals surface area contributed by atoms with Gasteiger partial charge in [0.15, 0.2) is 5.43 Å². The second-order valence-electron chi connectivity index (χ2n) is 4.98. The molecule has 21 heavy (non-hydrogen) atoms. The van der Waals surface area contributed by atoms with Gasteiger partial charge in [0.2, 0.25) is 0 Å². The first kappa shape index (κ1) is 13.8. The third-order valence-corrected chi connectivity index (χ3v) is 4.86. The van der Waals surface area contributed by atoms with Crippen LogP contribution in [0.25, 0.3) is 20.2 Å². The maximum absolute atomic E-state index is 12.6. The molecule has 0 fully saturated rings. The van der Waals surface area contributed by atoms with Gasteiger partial charge in [0.25, 0.3) is 0 Å². The summed E-state index contributed by atoms with van der Waals surface area (Å²) >= 11 is 1.55. The highest BCUT2D eigenvalue weighted by atomic mass is 32.1. The van der Waals surface area contributed by atoms with E-state index in [1.165, 1.54) is 0 Å². The van der Waals surface area contributed by atoms with Gasteiger partial charge < -0.3 is 5.11 Å². The van der Waals surface area contributed by atoms with Gasteiger partial charge in [-0.1, -0.05) is 25.1 Å². The van der Waals surface area contributed by atoms with Crippen molar-refractivity contribution in [2.75, 3.05) is 0 Å². The van der Waals surface area contributed by atoms with E-state index in [0.29, 0.717) is 22.8 Å². The predicted molar refractivity (Wildman–Crippen MR) is 86.3 cm³/mol. The largest absolute Gasteiger partial charge is 0.481 e. The Kier molecular flexibility index (Phi) is 3.47. The van der Waals surface area contributed by atoms with Gasteiger partial charge in [-0.25, -0.2) is 0 Å². The van der Waals surface area contributed by atoms with Gasteiger partial charge >= 0.3 is 5.97 Å². The average molecular weight is 298 g/mol.